The molecule has 110 valence electrons. The fourth-order valence-corrected chi connectivity index (χ4v) is 2.11. The van der Waals surface area contributed by atoms with Crippen molar-refractivity contribution in [1.29, 1.82) is 0 Å². The Kier molecular flexibility index (Phi) is 3.57. The van der Waals surface area contributed by atoms with Crippen LogP contribution in [0.4, 0.5) is 0 Å². The number of carbonyl (C=O) groups excluding carboxylic acids is 2. The Morgan fingerprint density at radius 3 is 2.68 bits per heavy atom. The molecule has 0 aliphatic rings. The number of aryl methyl sites for hydroxylation is 1. The minimum absolute atomic E-state index is 0.370. The number of carbonyl (C=O) groups is 2. The third-order valence-electron chi connectivity index (χ3n) is 3.24. The molecular weight excluding hydrogens is 280 g/mol. The smallest absolute Gasteiger partial charge is 0.286 e. The number of aromatic amines is 1. The fourth-order valence-electron chi connectivity index (χ4n) is 2.11. The number of aromatic nitrogens is 2. The Balaban J connectivity index is 1.69. The molecule has 6 nitrogen and oxygen atoms in total. The Morgan fingerprint density at radius 1 is 1.09 bits per heavy atom. The van der Waals surface area contributed by atoms with Crippen LogP contribution in [-0.2, 0) is 0 Å². The van der Waals surface area contributed by atoms with Gasteiger partial charge in [0.1, 0.15) is 5.69 Å². The molecule has 2 aromatic heterocycles. The number of H-pyrrole nitrogens is 1. The van der Waals surface area contributed by atoms with Crippen molar-refractivity contribution in [1.82, 2.24) is 20.8 Å². The first-order chi connectivity index (χ1) is 10.6. The lowest BCUT2D eigenvalue weighted by Gasteiger charge is -2.05. The summed E-state index contributed by atoms with van der Waals surface area (Å²) < 4.78 is 0. The predicted octanol–water partition coefficient (Wildman–Crippen LogP) is 1.95. The lowest BCUT2D eigenvalue weighted by molar-refractivity contribution is 0.0844. The monoisotopic (exact) mass is 294 g/mol. The van der Waals surface area contributed by atoms with E-state index in [2.05, 4.69) is 20.8 Å². The quantitative estimate of drug-likeness (QED) is 0.631. The van der Waals surface area contributed by atoms with E-state index in [1.54, 1.807) is 24.4 Å². The molecule has 2 amide bonds. The molecule has 0 saturated carbocycles. The van der Waals surface area contributed by atoms with Gasteiger partial charge >= 0.3 is 0 Å². The minimum Gasteiger partial charge on any atom is -0.350 e. The highest BCUT2D eigenvalue weighted by molar-refractivity contribution is 6.00. The average Bonchev–Trinajstić information content (AvgIpc) is 2.96. The predicted molar refractivity (Wildman–Crippen MR) is 82.2 cm³/mol. The van der Waals surface area contributed by atoms with Crippen molar-refractivity contribution in [2.75, 3.05) is 0 Å². The molecule has 3 rings (SSSR count). The van der Waals surface area contributed by atoms with E-state index in [1.165, 1.54) is 6.20 Å². The number of nitrogens with one attached hydrogen (secondary N) is 3. The first kappa shape index (κ1) is 13.8. The van der Waals surface area contributed by atoms with E-state index in [-0.39, 0.29) is 0 Å². The molecule has 0 bridgehead atoms. The fraction of sp³-hybridized carbons (Fsp3) is 0.0625. The Bertz CT molecular complexity index is 840. The zero-order valence-corrected chi connectivity index (χ0v) is 11.9. The number of hydrogen-bond donors (Lipinski definition) is 3. The molecule has 22 heavy (non-hydrogen) atoms. The first-order valence-corrected chi connectivity index (χ1v) is 6.73. The van der Waals surface area contributed by atoms with Gasteiger partial charge in [0, 0.05) is 23.3 Å². The summed E-state index contributed by atoms with van der Waals surface area (Å²) in [6, 6.07) is 10.9. The molecule has 0 aliphatic heterocycles. The number of amides is 2. The van der Waals surface area contributed by atoms with Gasteiger partial charge in [-0.2, -0.15) is 0 Å². The normalized spacial score (nSPS) is 10.4. The molecule has 0 aliphatic carbocycles. The molecule has 0 saturated heterocycles. The number of nitrogens with zero attached hydrogens (tertiary/aromatic N) is 1. The van der Waals surface area contributed by atoms with Crippen molar-refractivity contribution in [2.24, 2.45) is 0 Å². The highest BCUT2D eigenvalue weighted by atomic mass is 16.2. The summed E-state index contributed by atoms with van der Waals surface area (Å²) in [4.78, 5) is 30.8. The summed E-state index contributed by atoms with van der Waals surface area (Å²) in [6.45, 7) is 1.98. The molecule has 3 N–H and O–H groups in total. The van der Waals surface area contributed by atoms with E-state index in [9.17, 15) is 9.59 Å². The Hall–Kier alpha value is -3.15. The third-order valence-corrected chi connectivity index (χ3v) is 3.24. The second-order valence-corrected chi connectivity index (χ2v) is 4.92. The van der Waals surface area contributed by atoms with Crippen LogP contribution in [0.5, 0.6) is 0 Å². The van der Waals surface area contributed by atoms with E-state index in [1.807, 2.05) is 25.1 Å². The maximum atomic E-state index is 12.1. The highest BCUT2D eigenvalue weighted by Crippen LogP contribution is 2.16. The van der Waals surface area contributed by atoms with E-state index in [4.69, 9.17) is 0 Å². The second-order valence-electron chi connectivity index (χ2n) is 4.92. The van der Waals surface area contributed by atoms with Crippen LogP contribution in [-0.4, -0.2) is 21.8 Å². The number of fused-ring (bicyclic) bond motifs is 1. The molecule has 0 atom stereocenters. The molecule has 0 radical (unpaired) electrons. The summed E-state index contributed by atoms with van der Waals surface area (Å²) >= 11 is 0. The van der Waals surface area contributed by atoms with Crippen LogP contribution in [0, 0.1) is 6.92 Å². The largest absolute Gasteiger partial charge is 0.350 e. The van der Waals surface area contributed by atoms with E-state index in [0.29, 0.717) is 11.3 Å². The van der Waals surface area contributed by atoms with Gasteiger partial charge in [-0.25, -0.2) is 0 Å². The molecule has 0 unspecified atom stereocenters. The maximum Gasteiger partial charge on any atom is 0.286 e. The van der Waals surface area contributed by atoms with Gasteiger partial charge in [-0.05, 0) is 36.8 Å². The maximum absolute atomic E-state index is 12.1. The number of rotatable bonds is 2. The number of hydrazine groups is 1. The van der Waals surface area contributed by atoms with Crippen molar-refractivity contribution in [2.45, 2.75) is 6.92 Å². The van der Waals surface area contributed by atoms with Gasteiger partial charge < -0.3 is 4.98 Å². The number of pyridine rings is 1. The van der Waals surface area contributed by atoms with Gasteiger partial charge in [0.05, 0.1) is 5.56 Å². The number of benzene rings is 1. The van der Waals surface area contributed by atoms with E-state index < -0.39 is 11.8 Å². The van der Waals surface area contributed by atoms with Gasteiger partial charge in [0.2, 0.25) is 0 Å². The first-order valence-electron chi connectivity index (χ1n) is 6.73. The van der Waals surface area contributed by atoms with Gasteiger partial charge in [-0.1, -0.05) is 12.1 Å². The molecule has 1 aromatic carbocycles. The lowest BCUT2D eigenvalue weighted by atomic mass is 10.2. The second kappa shape index (κ2) is 5.69. The van der Waals surface area contributed by atoms with Crippen molar-refractivity contribution in [3.05, 3.63) is 65.6 Å². The topological polar surface area (TPSA) is 86.9 Å². The molecule has 0 fully saturated rings. The van der Waals surface area contributed by atoms with Gasteiger partial charge in [-0.3, -0.25) is 25.4 Å². The average molecular weight is 294 g/mol. The summed E-state index contributed by atoms with van der Waals surface area (Å²) in [5, 5.41) is 0.939. The SMILES string of the molecule is Cc1ccc2cc(C(=O)NNC(=O)c3cccnc3)[nH]c2c1. The summed E-state index contributed by atoms with van der Waals surface area (Å²) in [6.07, 6.45) is 3.00. The van der Waals surface area contributed by atoms with Crippen LogP contribution in [0.25, 0.3) is 10.9 Å². The van der Waals surface area contributed by atoms with Crippen LogP contribution < -0.4 is 10.9 Å². The third kappa shape index (κ3) is 2.80. The molecule has 6 heteroatoms. The molecule has 2 heterocycles. The van der Waals surface area contributed by atoms with Crippen LogP contribution >= 0.6 is 0 Å². The van der Waals surface area contributed by atoms with Crippen molar-refractivity contribution < 1.29 is 9.59 Å². The molecule has 3 aromatic rings. The van der Waals surface area contributed by atoms with Gasteiger partial charge in [0.25, 0.3) is 11.8 Å². The molecular formula is C16H14N4O2. The van der Waals surface area contributed by atoms with E-state index in [0.717, 1.165) is 16.5 Å². The number of hydrogen-bond acceptors (Lipinski definition) is 3. The lowest BCUT2D eigenvalue weighted by Crippen LogP contribution is -2.41. The summed E-state index contributed by atoms with van der Waals surface area (Å²) in [7, 11) is 0. The standard InChI is InChI=1S/C16H14N4O2/c1-10-4-5-11-8-14(18-13(11)7-10)16(22)20-19-15(21)12-3-2-6-17-9-12/h2-9,18H,1H3,(H,19,21)(H,20,22). The zero-order chi connectivity index (χ0) is 15.5. The molecule has 0 spiro atoms. The van der Waals surface area contributed by atoms with Gasteiger partial charge in [-0.15, -0.1) is 0 Å². The van der Waals surface area contributed by atoms with Crippen molar-refractivity contribution >= 4 is 22.7 Å². The zero-order valence-electron chi connectivity index (χ0n) is 11.9. The van der Waals surface area contributed by atoms with Crippen molar-refractivity contribution in [3.8, 4) is 0 Å². The summed E-state index contributed by atoms with van der Waals surface area (Å²) in [5.41, 5.74) is 7.46. The Labute approximate surface area is 126 Å². The van der Waals surface area contributed by atoms with Gasteiger partial charge in [0.15, 0.2) is 0 Å². The van der Waals surface area contributed by atoms with Crippen molar-refractivity contribution in [3.63, 3.8) is 0 Å². The summed E-state index contributed by atoms with van der Waals surface area (Å²) in [5.74, 6) is -0.834. The van der Waals surface area contributed by atoms with Crippen LogP contribution in [0.3, 0.4) is 0 Å². The minimum atomic E-state index is -0.423. The van der Waals surface area contributed by atoms with E-state index >= 15 is 0 Å². The van der Waals surface area contributed by atoms with Crippen LogP contribution in [0.2, 0.25) is 0 Å². The Morgan fingerprint density at radius 2 is 1.91 bits per heavy atom. The van der Waals surface area contributed by atoms with Crippen LogP contribution in [0.1, 0.15) is 26.4 Å². The van der Waals surface area contributed by atoms with Crippen LogP contribution in [0.15, 0.2) is 48.8 Å². The highest BCUT2D eigenvalue weighted by Gasteiger charge is 2.11.